The molecule has 0 spiro atoms. The molecule has 0 aliphatic carbocycles. The maximum atomic E-state index is 13.2. The number of hydrogen-bond acceptors (Lipinski definition) is 4. The third-order valence-corrected chi connectivity index (χ3v) is 4.52. The average molecular weight is 305 g/mol. The standard InChI is InChI=1S/C9H6BrFN2S2/c10-8-6(2-1-3-7(8)11)4-14-9-13-12-5-15-9/h1-3,5H,4H2. The molecule has 0 N–H and O–H groups in total. The highest BCUT2D eigenvalue weighted by Gasteiger charge is 2.06. The van der Waals surface area contributed by atoms with E-state index in [0.717, 1.165) is 9.90 Å². The molecule has 0 radical (unpaired) electrons. The van der Waals surface area contributed by atoms with Crippen LogP contribution in [0.2, 0.25) is 0 Å². The molecule has 15 heavy (non-hydrogen) atoms. The fraction of sp³-hybridized carbons (Fsp3) is 0.111. The lowest BCUT2D eigenvalue weighted by Crippen LogP contribution is -1.86. The summed E-state index contributed by atoms with van der Waals surface area (Å²) in [4.78, 5) is 0. The molecule has 1 aromatic carbocycles. The van der Waals surface area contributed by atoms with Crippen molar-refractivity contribution in [2.45, 2.75) is 10.1 Å². The Kier molecular flexibility index (Phi) is 3.71. The molecule has 0 fully saturated rings. The zero-order chi connectivity index (χ0) is 10.7. The molecule has 2 nitrogen and oxygen atoms in total. The zero-order valence-corrected chi connectivity index (χ0v) is 10.7. The SMILES string of the molecule is Fc1cccc(CSc2nncs2)c1Br. The second-order valence-electron chi connectivity index (χ2n) is 2.71. The van der Waals surface area contributed by atoms with E-state index in [2.05, 4.69) is 26.1 Å². The number of thioether (sulfide) groups is 1. The van der Waals surface area contributed by atoms with E-state index in [4.69, 9.17) is 0 Å². The molecule has 0 aliphatic heterocycles. The van der Waals surface area contributed by atoms with Crippen LogP contribution in [0.25, 0.3) is 0 Å². The summed E-state index contributed by atoms with van der Waals surface area (Å²) in [5.74, 6) is 0.457. The van der Waals surface area contributed by atoms with Crippen LogP contribution in [0.1, 0.15) is 5.56 Å². The highest BCUT2D eigenvalue weighted by molar-refractivity contribution is 9.10. The quantitative estimate of drug-likeness (QED) is 0.808. The van der Waals surface area contributed by atoms with Crippen LogP contribution in [-0.4, -0.2) is 10.2 Å². The Morgan fingerprint density at radius 3 is 3.07 bits per heavy atom. The number of halogens is 2. The van der Waals surface area contributed by atoms with Crippen LogP contribution in [0.15, 0.2) is 32.5 Å². The van der Waals surface area contributed by atoms with Crippen LogP contribution < -0.4 is 0 Å². The first-order valence-electron chi connectivity index (χ1n) is 4.09. The molecule has 0 bridgehead atoms. The highest BCUT2D eigenvalue weighted by Crippen LogP contribution is 2.28. The van der Waals surface area contributed by atoms with Crippen molar-refractivity contribution in [1.29, 1.82) is 0 Å². The monoisotopic (exact) mass is 304 g/mol. The van der Waals surface area contributed by atoms with Crippen molar-refractivity contribution in [2.75, 3.05) is 0 Å². The molecule has 1 heterocycles. The van der Waals surface area contributed by atoms with Crippen molar-refractivity contribution in [3.8, 4) is 0 Å². The summed E-state index contributed by atoms with van der Waals surface area (Å²) in [5, 5.41) is 7.64. The molecule has 0 saturated heterocycles. The predicted molar refractivity (Wildman–Crippen MR) is 63.6 cm³/mol. The lowest BCUT2D eigenvalue weighted by molar-refractivity contribution is 0.619. The molecular weight excluding hydrogens is 299 g/mol. The number of aromatic nitrogens is 2. The van der Waals surface area contributed by atoms with E-state index in [1.807, 2.05) is 6.07 Å². The Morgan fingerprint density at radius 1 is 1.47 bits per heavy atom. The van der Waals surface area contributed by atoms with E-state index in [-0.39, 0.29) is 5.82 Å². The van der Waals surface area contributed by atoms with E-state index in [1.54, 1.807) is 23.3 Å². The van der Waals surface area contributed by atoms with Gasteiger partial charge in [0.1, 0.15) is 11.3 Å². The first-order chi connectivity index (χ1) is 7.27. The first-order valence-corrected chi connectivity index (χ1v) is 6.75. The summed E-state index contributed by atoms with van der Waals surface area (Å²) in [6.45, 7) is 0. The van der Waals surface area contributed by atoms with Crippen molar-refractivity contribution in [2.24, 2.45) is 0 Å². The molecule has 1 aromatic heterocycles. The van der Waals surface area contributed by atoms with E-state index >= 15 is 0 Å². The molecule has 0 atom stereocenters. The van der Waals surface area contributed by atoms with Crippen molar-refractivity contribution >= 4 is 39.0 Å². The number of nitrogens with zero attached hydrogens (tertiary/aromatic N) is 2. The fourth-order valence-electron chi connectivity index (χ4n) is 1.03. The second-order valence-corrected chi connectivity index (χ2v) is 5.55. The molecule has 0 aliphatic rings. The fourth-order valence-corrected chi connectivity index (χ4v) is 3.10. The third-order valence-electron chi connectivity index (χ3n) is 1.72. The molecule has 6 heteroatoms. The van der Waals surface area contributed by atoms with Crippen LogP contribution in [-0.2, 0) is 5.75 Å². The van der Waals surface area contributed by atoms with Gasteiger partial charge in [-0.2, -0.15) is 0 Å². The van der Waals surface area contributed by atoms with Crippen molar-refractivity contribution in [3.63, 3.8) is 0 Å². The largest absolute Gasteiger partial charge is 0.206 e. The van der Waals surface area contributed by atoms with Gasteiger partial charge >= 0.3 is 0 Å². The Labute approximate surface area is 103 Å². The maximum absolute atomic E-state index is 13.2. The van der Waals surface area contributed by atoms with Crippen LogP contribution in [0, 0.1) is 5.82 Å². The minimum absolute atomic E-state index is 0.231. The minimum atomic E-state index is -0.231. The molecule has 78 valence electrons. The Hall–Kier alpha value is -0.460. The van der Waals surface area contributed by atoms with Gasteiger partial charge in [-0.05, 0) is 27.6 Å². The predicted octanol–water partition coefficient (Wildman–Crippen LogP) is 3.73. The Balaban J connectivity index is 2.08. The lowest BCUT2D eigenvalue weighted by Gasteiger charge is -2.02. The minimum Gasteiger partial charge on any atom is -0.206 e. The topological polar surface area (TPSA) is 25.8 Å². The summed E-state index contributed by atoms with van der Waals surface area (Å²) in [6, 6.07) is 5.03. The van der Waals surface area contributed by atoms with Gasteiger partial charge in [0.05, 0.1) is 4.47 Å². The van der Waals surface area contributed by atoms with Crippen LogP contribution in [0.3, 0.4) is 0 Å². The third kappa shape index (κ3) is 2.76. The summed E-state index contributed by atoms with van der Waals surface area (Å²) in [7, 11) is 0. The smallest absolute Gasteiger partial charge is 0.174 e. The van der Waals surface area contributed by atoms with Gasteiger partial charge in [-0.3, -0.25) is 0 Å². The summed E-state index contributed by atoms with van der Waals surface area (Å²) in [6.07, 6.45) is 0. The van der Waals surface area contributed by atoms with E-state index < -0.39 is 0 Å². The van der Waals surface area contributed by atoms with Crippen molar-refractivity contribution in [1.82, 2.24) is 10.2 Å². The van der Waals surface area contributed by atoms with Gasteiger partial charge in [0.25, 0.3) is 0 Å². The highest BCUT2D eigenvalue weighted by atomic mass is 79.9. The molecule has 0 saturated carbocycles. The van der Waals surface area contributed by atoms with Crippen molar-refractivity contribution < 1.29 is 4.39 Å². The van der Waals surface area contributed by atoms with Gasteiger partial charge in [0.15, 0.2) is 4.34 Å². The number of benzene rings is 1. The van der Waals surface area contributed by atoms with E-state index in [0.29, 0.717) is 10.2 Å². The molecule has 0 unspecified atom stereocenters. The van der Waals surface area contributed by atoms with Gasteiger partial charge in [-0.25, -0.2) is 4.39 Å². The van der Waals surface area contributed by atoms with E-state index in [1.165, 1.54) is 17.4 Å². The first kappa shape index (κ1) is 11.0. The van der Waals surface area contributed by atoms with Gasteiger partial charge in [-0.1, -0.05) is 35.2 Å². The van der Waals surface area contributed by atoms with Gasteiger partial charge in [-0.15, -0.1) is 10.2 Å². The number of hydrogen-bond donors (Lipinski definition) is 0. The number of rotatable bonds is 3. The Bertz CT molecular complexity index is 447. The summed E-state index contributed by atoms with van der Waals surface area (Å²) >= 11 is 6.26. The summed E-state index contributed by atoms with van der Waals surface area (Å²) in [5.41, 5.74) is 2.61. The molecule has 2 aromatic rings. The molecule has 0 amide bonds. The maximum Gasteiger partial charge on any atom is 0.174 e. The van der Waals surface area contributed by atoms with Crippen LogP contribution in [0.5, 0.6) is 0 Å². The van der Waals surface area contributed by atoms with E-state index in [9.17, 15) is 4.39 Å². The van der Waals surface area contributed by atoms with Gasteiger partial charge < -0.3 is 0 Å². The lowest BCUT2D eigenvalue weighted by atomic mass is 10.2. The normalized spacial score (nSPS) is 10.5. The van der Waals surface area contributed by atoms with Gasteiger partial charge in [0, 0.05) is 5.75 Å². The van der Waals surface area contributed by atoms with Crippen LogP contribution >= 0.6 is 39.0 Å². The van der Waals surface area contributed by atoms with Gasteiger partial charge in [0.2, 0.25) is 0 Å². The van der Waals surface area contributed by atoms with Crippen LogP contribution in [0.4, 0.5) is 4.39 Å². The second kappa shape index (κ2) is 5.05. The zero-order valence-electron chi connectivity index (χ0n) is 7.48. The molecular formula is C9H6BrFN2S2. The van der Waals surface area contributed by atoms with Crippen molar-refractivity contribution in [3.05, 3.63) is 39.6 Å². The molecule has 2 rings (SSSR count). The Morgan fingerprint density at radius 2 is 2.33 bits per heavy atom. The summed E-state index contributed by atoms with van der Waals surface area (Å²) < 4.78 is 14.6. The average Bonchev–Trinajstić information content (AvgIpc) is 2.73.